The first-order valence-electron chi connectivity index (χ1n) is 5.86. The van der Waals surface area contributed by atoms with Crippen LogP contribution in [0, 0.1) is 11.8 Å². The van der Waals surface area contributed by atoms with Crippen molar-refractivity contribution in [1.82, 2.24) is 9.29 Å². The van der Waals surface area contributed by atoms with E-state index in [0.29, 0.717) is 31.9 Å². The molecule has 0 radical (unpaired) electrons. The molecule has 102 valence electrons. The number of nitrogens with two attached hydrogens (primary N) is 1. The largest absolute Gasteiger partial charge is 0.379 e. The zero-order valence-corrected chi connectivity index (χ0v) is 11.2. The molecule has 6 nitrogen and oxygen atoms in total. The summed E-state index contributed by atoms with van der Waals surface area (Å²) in [5.41, 5.74) is 5.82. The van der Waals surface area contributed by atoms with E-state index in [4.69, 9.17) is 10.5 Å². The van der Waals surface area contributed by atoms with Crippen molar-refractivity contribution in [2.24, 2.45) is 5.73 Å². The van der Waals surface area contributed by atoms with Crippen LogP contribution in [-0.4, -0.2) is 50.6 Å². The summed E-state index contributed by atoms with van der Waals surface area (Å²) in [6.45, 7) is 1.78. The zero-order chi connectivity index (χ0) is 13.7. The van der Waals surface area contributed by atoms with E-state index in [2.05, 4.69) is 16.8 Å². The first-order chi connectivity index (χ1) is 9.14. The number of aromatic nitrogens is 1. The first kappa shape index (κ1) is 14.0. The Morgan fingerprint density at radius 1 is 1.37 bits per heavy atom. The summed E-state index contributed by atoms with van der Waals surface area (Å²) >= 11 is 0. The fourth-order valence-electron chi connectivity index (χ4n) is 1.72. The van der Waals surface area contributed by atoms with E-state index in [1.54, 1.807) is 0 Å². The van der Waals surface area contributed by atoms with E-state index in [9.17, 15) is 8.42 Å². The van der Waals surface area contributed by atoms with E-state index in [1.165, 1.54) is 22.8 Å². The van der Waals surface area contributed by atoms with Crippen molar-refractivity contribution in [3.8, 4) is 11.8 Å². The number of nitrogens with zero attached hydrogens (tertiary/aromatic N) is 2. The lowest BCUT2D eigenvalue weighted by Gasteiger charge is -2.25. The predicted octanol–water partition coefficient (Wildman–Crippen LogP) is -0.587. The van der Waals surface area contributed by atoms with Gasteiger partial charge in [-0.2, -0.15) is 4.31 Å². The molecule has 19 heavy (non-hydrogen) atoms. The topological polar surface area (TPSA) is 85.5 Å². The SMILES string of the molecule is NCC#Cc1cncc(S(=O)(=O)N2CCOCC2)c1. The van der Waals surface area contributed by atoms with E-state index in [0.717, 1.165) is 0 Å². The molecule has 2 heterocycles. The minimum atomic E-state index is -3.52. The second kappa shape index (κ2) is 6.12. The molecular weight excluding hydrogens is 266 g/mol. The van der Waals surface area contributed by atoms with Crippen molar-refractivity contribution in [2.45, 2.75) is 4.90 Å². The molecule has 1 aromatic rings. The van der Waals surface area contributed by atoms with Crippen molar-refractivity contribution in [3.63, 3.8) is 0 Å². The highest BCUT2D eigenvalue weighted by molar-refractivity contribution is 7.89. The lowest BCUT2D eigenvalue weighted by Crippen LogP contribution is -2.40. The van der Waals surface area contributed by atoms with Gasteiger partial charge < -0.3 is 10.5 Å². The summed E-state index contributed by atoms with van der Waals surface area (Å²) in [5.74, 6) is 5.45. The number of hydrogen-bond acceptors (Lipinski definition) is 5. The van der Waals surface area contributed by atoms with E-state index < -0.39 is 10.0 Å². The van der Waals surface area contributed by atoms with Crippen LogP contribution in [0.1, 0.15) is 5.56 Å². The third-order valence-electron chi connectivity index (χ3n) is 2.66. The van der Waals surface area contributed by atoms with Crippen LogP contribution in [0.3, 0.4) is 0 Å². The molecule has 1 aliphatic rings. The van der Waals surface area contributed by atoms with E-state index in [1.807, 2.05) is 0 Å². The standard InChI is InChI=1S/C12H15N3O3S/c13-3-1-2-11-8-12(10-14-9-11)19(16,17)15-4-6-18-7-5-15/h8-10H,3-7,13H2. The average molecular weight is 281 g/mol. The van der Waals surface area contributed by atoms with Crippen LogP contribution in [0.2, 0.25) is 0 Å². The maximum absolute atomic E-state index is 12.4. The predicted molar refractivity (Wildman–Crippen MR) is 69.7 cm³/mol. The normalized spacial score (nSPS) is 16.7. The van der Waals surface area contributed by atoms with Gasteiger partial charge in [0.25, 0.3) is 0 Å². The number of hydrogen-bond donors (Lipinski definition) is 1. The molecule has 0 saturated carbocycles. The van der Waals surface area contributed by atoms with Gasteiger partial charge in [-0.1, -0.05) is 11.8 Å². The van der Waals surface area contributed by atoms with Gasteiger partial charge in [0.15, 0.2) is 0 Å². The van der Waals surface area contributed by atoms with Crippen LogP contribution < -0.4 is 5.73 Å². The van der Waals surface area contributed by atoms with Gasteiger partial charge in [-0.3, -0.25) is 4.98 Å². The summed E-state index contributed by atoms with van der Waals surface area (Å²) in [7, 11) is -3.52. The Bertz CT molecular complexity index is 598. The van der Waals surface area contributed by atoms with Crippen molar-refractivity contribution in [1.29, 1.82) is 0 Å². The molecule has 0 bridgehead atoms. The highest BCUT2D eigenvalue weighted by atomic mass is 32.2. The summed E-state index contributed by atoms with van der Waals surface area (Å²) in [4.78, 5) is 4.07. The van der Waals surface area contributed by atoms with Crippen LogP contribution in [0.4, 0.5) is 0 Å². The van der Waals surface area contributed by atoms with Gasteiger partial charge >= 0.3 is 0 Å². The van der Waals surface area contributed by atoms with Crippen molar-refractivity contribution in [2.75, 3.05) is 32.8 Å². The molecule has 0 aliphatic carbocycles. The molecule has 0 atom stereocenters. The smallest absolute Gasteiger partial charge is 0.244 e. The Kier molecular flexibility index (Phi) is 4.50. The summed E-state index contributed by atoms with van der Waals surface area (Å²) in [5, 5.41) is 0. The molecule has 7 heteroatoms. The Hall–Kier alpha value is -1.46. The van der Waals surface area contributed by atoms with E-state index >= 15 is 0 Å². The summed E-state index contributed by atoms with van der Waals surface area (Å²) < 4.78 is 31.3. The number of pyridine rings is 1. The fraction of sp³-hybridized carbons (Fsp3) is 0.417. The molecule has 1 aliphatic heterocycles. The average Bonchev–Trinajstić information content (AvgIpc) is 2.46. The van der Waals surface area contributed by atoms with Gasteiger partial charge in [-0.05, 0) is 6.07 Å². The van der Waals surface area contributed by atoms with Gasteiger partial charge in [-0.15, -0.1) is 0 Å². The summed E-state index contributed by atoms with van der Waals surface area (Å²) in [6, 6.07) is 1.51. The third kappa shape index (κ3) is 3.30. The second-order valence-corrected chi connectivity index (χ2v) is 5.87. The van der Waals surface area contributed by atoms with Gasteiger partial charge in [0, 0.05) is 31.0 Å². The molecule has 1 saturated heterocycles. The van der Waals surface area contributed by atoms with Crippen molar-refractivity contribution >= 4 is 10.0 Å². The quantitative estimate of drug-likeness (QED) is 0.733. The zero-order valence-electron chi connectivity index (χ0n) is 10.4. The van der Waals surface area contributed by atoms with Crippen LogP contribution in [0.25, 0.3) is 0 Å². The highest BCUT2D eigenvalue weighted by Crippen LogP contribution is 2.16. The number of sulfonamides is 1. The second-order valence-electron chi connectivity index (χ2n) is 3.93. The van der Waals surface area contributed by atoms with Gasteiger partial charge in [-0.25, -0.2) is 8.42 Å². The van der Waals surface area contributed by atoms with E-state index in [-0.39, 0.29) is 11.4 Å². The van der Waals surface area contributed by atoms with Crippen LogP contribution in [-0.2, 0) is 14.8 Å². The minimum Gasteiger partial charge on any atom is -0.379 e. The van der Waals surface area contributed by atoms with Crippen LogP contribution in [0.5, 0.6) is 0 Å². The molecule has 0 unspecified atom stereocenters. The molecule has 0 aromatic carbocycles. The maximum Gasteiger partial charge on any atom is 0.244 e. The molecular formula is C12H15N3O3S. The van der Waals surface area contributed by atoms with Crippen LogP contribution in [0.15, 0.2) is 23.4 Å². The Morgan fingerprint density at radius 3 is 2.79 bits per heavy atom. The summed E-state index contributed by atoms with van der Waals surface area (Å²) in [6.07, 6.45) is 2.85. The third-order valence-corrected chi connectivity index (χ3v) is 4.52. The van der Waals surface area contributed by atoms with Gasteiger partial charge in [0.2, 0.25) is 10.0 Å². The minimum absolute atomic E-state index is 0.151. The molecule has 2 rings (SSSR count). The van der Waals surface area contributed by atoms with Gasteiger partial charge in [0.1, 0.15) is 4.90 Å². The molecule has 0 amide bonds. The Balaban J connectivity index is 2.29. The monoisotopic (exact) mass is 281 g/mol. The lowest BCUT2D eigenvalue weighted by atomic mass is 10.3. The van der Waals surface area contributed by atoms with Crippen LogP contribution >= 0.6 is 0 Å². The fourth-order valence-corrected chi connectivity index (χ4v) is 3.12. The molecule has 1 fully saturated rings. The highest BCUT2D eigenvalue weighted by Gasteiger charge is 2.26. The lowest BCUT2D eigenvalue weighted by molar-refractivity contribution is 0.0730. The first-order valence-corrected chi connectivity index (χ1v) is 7.30. The maximum atomic E-state index is 12.4. The molecule has 1 aromatic heterocycles. The Morgan fingerprint density at radius 2 is 2.11 bits per heavy atom. The Labute approximate surface area is 112 Å². The molecule has 2 N–H and O–H groups in total. The van der Waals surface area contributed by atoms with Crippen molar-refractivity contribution in [3.05, 3.63) is 24.0 Å². The van der Waals surface area contributed by atoms with Crippen molar-refractivity contribution < 1.29 is 13.2 Å². The molecule has 0 spiro atoms. The van der Waals surface area contributed by atoms with Gasteiger partial charge in [0.05, 0.1) is 19.8 Å². The number of ether oxygens (including phenoxy) is 1. The number of rotatable bonds is 2. The number of morpholine rings is 1.